The predicted octanol–water partition coefficient (Wildman–Crippen LogP) is 2.01. The fourth-order valence-corrected chi connectivity index (χ4v) is 1.38. The van der Waals surface area contributed by atoms with E-state index in [1.54, 1.807) is 12.1 Å². The Kier molecular flexibility index (Phi) is 4.74. The molecule has 1 unspecified atom stereocenters. The van der Waals surface area contributed by atoms with Gasteiger partial charge >= 0.3 is 0 Å². The third-order valence-electron chi connectivity index (χ3n) is 2.24. The van der Waals surface area contributed by atoms with Crippen molar-refractivity contribution in [2.24, 2.45) is 5.73 Å². The molecule has 0 aliphatic carbocycles. The van der Waals surface area contributed by atoms with E-state index in [-0.39, 0.29) is 5.75 Å². The average Bonchev–Trinajstić information content (AvgIpc) is 2.29. The van der Waals surface area contributed by atoms with Crippen molar-refractivity contribution in [1.29, 1.82) is 5.26 Å². The normalized spacial score (nSPS) is 11.9. The van der Waals surface area contributed by atoms with Gasteiger partial charge in [0.1, 0.15) is 6.07 Å². The van der Waals surface area contributed by atoms with Crippen LogP contribution in [0.4, 0.5) is 4.39 Å². The highest BCUT2D eigenvalue weighted by molar-refractivity contribution is 5.35. The second-order valence-corrected chi connectivity index (χ2v) is 3.41. The molecule has 0 spiro atoms. The highest BCUT2D eigenvalue weighted by Crippen LogP contribution is 2.24. The summed E-state index contributed by atoms with van der Waals surface area (Å²) in [4.78, 5) is 0. The van der Waals surface area contributed by atoms with E-state index in [1.807, 2.05) is 13.0 Å². The molecule has 0 aliphatic rings. The van der Waals surface area contributed by atoms with Crippen LogP contribution in [-0.2, 0) is 6.42 Å². The van der Waals surface area contributed by atoms with Crippen molar-refractivity contribution in [3.05, 3.63) is 29.6 Å². The maximum absolute atomic E-state index is 13.5. The molecule has 0 aliphatic heterocycles. The van der Waals surface area contributed by atoms with Crippen molar-refractivity contribution in [3.8, 4) is 11.8 Å². The molecular weight excluding hydrogens is 207 g/mol. The Morgan fingerprint density at radius 1 is 1.56 bits per heavy atom. The zero-order chi connectivity index (χ0) is 12.0. The molecule has 0 saturated carbocycles. The largest absolute Gasteiger partial charge is 0.472 e. The van der Waals surface area contributed by atoms with Crippen LogP contribution >= 0.6 is 0 Å². The number of hydrogen-bond donors (Lipinski definition) is 1. The molecule has 0 radical (unpaired) electrons. The summed E-state index contributed by atoms with van der Waals surface area (Å²) in [6.07, 6.45) is 0.440. The van der Waals surface area contributed by atoms with E-state index < -0.39 is 11.9 Å². The molecule has 16 heavy (non-hydrogen) atoms. The smallest absolute Gasteiger partial charge is 0.184 e. The van der Waals surface area contributed by atoms with Gasteiger partial charge < -0.3 is 10.5 Å². The van der Waals surface area contributed by atoms with E-state index in [9.17, 15) is 4.39 Å². The van der Waals surface area contributed by atoms with Crippen molar-refractivity contribution in [3.63, 3.8) is 0 Å². The maximum atomic E-state index is 13.5. The summed E-state index contributed by atoms with van der Waals surface area (Å²) in [5.41, 5.74) is 6.14. The number of ether oxygens (including phenoxy) is 1. The first-order valence-corrected chi connectivity index (χ1v) is 5.26. The predicted molar refractivity (Wildman–Crippen MR) is 59.5 cm³/mol. The van der Waals surface area contributed by atoms with Crippen molar-refractivity contribution in [1.82, 2.24) is 0 Å². The summed E-state index contributed by atoms with van der Waals surface area (Å²) in [6, 6.07) is 6.67. The van der Waals surface area contributed by atoms with Gasteiger partial charge in [-0.2, -0.15) is 5.26 Å². The number of para-hydroxylation sites is 1. The van der Waals surface area contributed by atoms with Gasteiger partial charge in [-0.25, -0.2) is 4.39 Å². The Bertz CT molecular complexity index is 387. The Morgan fingerprint density at radius 2 is 2.31 bits per heavy atom. The Balaban J connectivity index is 2.96. The van der Waals surface area contributed by atoms with Crippen LogP contribution in [-0.4, -0.2) is 12.6 Å². The molecule has 0 fully saturated rings. The van der Waals surface area contributed by atoms with Gasteiger partial charge in [0.2, 0.25) is 0 Å². The fraction of sp³-hybridized carbons (Fsp3) is 0.417. The van der Waals surface area contributed by atoms with Crippen molar-refractivity contribution in [2.75, 3.05) is 6.54 Å². The molecule has 0 heterocycles. The molecule has 1 aromatic carbocycles. The highest BCUT2D eigenvalue weighted by Gasteiger charge is 2.14. The van der Waals surface area contributed by atoms with Gasteiger partial charge in [-0.3, -0.25) is 0 Å². The quantitative estimate of drug-likeness (QED) is 0.829. The van der Waals surface area contributed by atoms with E-state index in [0.29, 0.717) is 24.9 Å². The fourth-order valence-electron chi connectivity index (χ4n) is 1.38. The van der Waals surface area contributed by atoms with E-state index >= 15 is 0 Å². The zero-order valence-corrected chi connectivity index (χ0v) is 9.24. The van der Waals surface area contributed by atoms with Crippen LogP contribution in [0.5, 0.6) is 5.75 Å². The molecular formula is C12H15FN2O. The number of nitriles is 1. The zero-order valence-electron chi connectivity index (χ0n) is 9.24. The van der Waals surface area contributed by atoms with Crippen LogP contribution in [0.2, 0.25) is 0 Å². The second-order valence-electron chi connectivity index (χ2n) is 3.41. The molecule has 0 saturated heterocycles. The third-order valence-corrected chi connectivity index (χ3v) is 2.24. The molecule has 0 amide bonds. The molecule has 3 nitrogen and oxygen atoms in total. The van der Waals surface area contributed by atoms with E-state index in [2.05, 4.69) is 0 Å². The topological polar surface area (TPSA) is 59.0 Å². The lowest BCUT2D eigenvalue weighted by atomic mass is 10.1. The Morgan fingerprint density at radius 3 is 2.88 bits per heavy atom. The van der Waals surface area contributed by atoms with Crippen LogP contribution in [0.15, 0.2) is 18.2 Å². The van der Waals surface area contributed by atoms with Crippen molar-refractivity contribution >= 4 is 0 Å². The molecule has 0 aromatic heterocycles. The molecule has 2 N–H and O–H groups in total. The Hall–Kier alpha value is -1.60. The van der Waals surface area contributed by atoms with E-state index in [1.165, 1.54) is 6.07 Å². The van der Waals surface area contributed by atoms with Crippen LogP contribution in [0.25, 0.3) is 0 Å². The third kappa shape index (κ3) is 2.94. The number of halogens is 1. The van der Waals surface area contributed by atoms with Crippen molar-refractivity contribution in [2.45, 2.75) is 25.9 Å². The Labute approximate surface area is 94.6 Å². The van der Waals surface area contributed by atoms with Crippen LogP contribution in [0.1, 0.15) is 18.9 Å². The first-order chi connectivity index (χ1) is 7.72. The second kappa shape index (κ2) is 6.09. The number of nitrogens with zero attached hydrogens (tertiary/aromatic N) is 1. The first-order valence-electron chi connectivity index (χ1n) is 5.26. The van der Waals surface area contributed by atoms with E-state index in [0.717, 1.165) is 0 Å². The van der Waals surface area contributed by atoms with Gasteiger partial charge in [0.05, 0.1) is 0 Å². The van der Waals surface area contributed by atoms with Gasteiger partial charge in [-0.15, -0.1) is 0 Å². The first kappa shape index (κ1) is 12.5. The summed E-state index contributed by atoms with van der Waals surface area (Å²) in [7, 11) is 0. The molecule has 0 bridgehead atoms. The van der Waals surface area contributed by atoms with Gasteiger partial charge in [0.25, 0.3) is 0 Å². The minimum absolute atomic E-state index is 0.154. The standard InChI is InChI=1S/C12H15FN2O/c1-2-10(8-15)16-12-9(6-7-14)4-3-5-11(12)13/h3-5,10H,2,6-7,14H2,1H3. The average molecular weight is 222 g/mol. The maximum Gasteiger partial charge on any atom is 0.184 e. The van der Waals surface area contributed by atoms with Crippen LogP contribution < -0.4 is 10.5 Å². The minimum atomic E-state index is -0.617. The number of rotatable bonds is 5. The number of benzene rings is 1. The van der Waals surface area contributed by atoms with Crippen LogP contribution in [0, 0.1) is 17.1 Å². The number of nitrogens with two attached hydrogens (primary N) is 1. The SMILES string of the molecule is CCC(C#N)Oc1c(F)cccc1CCN. The summed E-state index contributed by atoms with van der Waals surface area (Å²) in [6.45, 7) is 2.24. The van der Waals surface area contributed by atoms with Crippen LogP contribution in [0.3, 0.4) is 0 Å². The lowest BCUT2D eigenvalue weighted by molar-refractivity contribution is 0.238. The molecule has 86 valence electrons. The van der Waals surface area contributed by atoms with Gasteiger partial charge in [-0.1, -0.05) is 19.1 Å². The van der Waals surface area contributed by atoms with E-state index in [4.69, 9.17) is 15.7 Å². The summed E-state index contributed by atoms with van der Waals surface area (Å²) in [5.74, 6) is -0.291. The minimum Gasteiger partial charge on any atom is -0.472 e. The number of hydrogen-bond acceptors (Lipinski definition) is 3. The monoisotopic (exact) mass is 222 g/mol. The molecule has 1 atom stereocenters. The lowest BCUT2D eigenvalue weighted by Crippen LogP contribution is -2.15. The van der Waals surface area contributed by atoms with Gasteiger partial charge in [0.15, 0.2) is 17.7 Å². The molecule has 1 rings (SSSR count). The van der Waals surface area contributed by atoms with Crippen molar-refractivity contribution < 1.29 is 9.13 Å². The van der Waals surface area contributed by atoms with Gasteiger partial charge in [0, 0.05) is 0 Å². The molecule has 1 aromatic rings. The van der Waals surface area contributed by atoms with Gasteiger partial charge in [-0.05, 0) is 31.0 Å². The summed E-state index contributed by atoms with van der Waals surface area (Å²) < 4.78 is 18.9. The highest BCUT2D eigenvalue weighted by atomic mass is 19.1. The summed E-state index contributed by atoms with van der Waals surface area (Å²) >= 11 is 0. The molecule has 4 heteroatoms. The lowest BCUT2D eigenvalue weighted by Gasteiger charge is -2.14. The summed E-state index contributed by atoms with van der Waals surface area (Å²) in [5, 5.41) is 8.78.